The molecule has 4 heteroatoms. The molecule has 4 nitrogen and oxygen atoms in total. The number of nitroso groups, excluding NO2 is 1. The van der Waals surface area contributed by atoms with Crippen molar-refractivity contribution >= 4 is 5.91 Å². The first kappa shape index (κ1) is 13.1. The van der Waals surface area contributed by atoms with Gasteiger partial charge in [-0.05, 0) is 6.42 Å². The summed E-state index contributed by atoms with van der Waals surface area (Å²) in [7, 11) is 1.40. The van der Waals surface area contributed by atoms with E-state index in [1.807, 2.05) is 0 Å². The predicted octanol–water partition coefficient (Wildman–Crippen LogP) is 2.88. The number of amides is 1. The van der Waals surface area contributed by atoms with Gasteiger partial charge in [-0.1, -0.05) is 39.0 Å². The second kappa shape index (κ2) is 8.66. The SMILES string of the molecule is CCCCCCCCC(=O)N(C)N=O. The zero-order valence-corrected chi connectivity index (χ0v) is 9.16. The van der Waals surface area contributed by atoms with Crippen LogP contribution in [0.1, 0.15) is 51.9 Å². The molecule has 0 aliphatic rings. The number of rotatable bonds is 8. The van der Waals surface area contributed by atoms with Gasteiger partial charge in [0.1, 0.15) is 0 Å². The number of hydrogen-bond donors (Lipinski definition) is 0. The Hall–Kier alpha value is -0.930. The molecule has 0 unspecified atom stereocenters. The molecular formula is C10H20N2O2. The Kier molecular flexibility index (Phi) is 8.08. The summed E-state index contributed by atoms with van der Waals surface area (Å²) in [5.74, 6) is -0.185. The molecular weight excluding hydrogens is 180 g/mol. The van der Waals surface area contributed by atoms with Crippen molar-refractivity contribution in [1.82, 2.24) is 5.01 Å². The average molecular weight is 200 g/mol. The van der Waals surface area contributed by atoms with Gasteiger partial charge in [0.2, 0.25) is 5.91 Å². The van der Waals surface area contributed by atoms with Crippen molar-refractivity contribution in [2.45, 2.75) is 51.9 Å². The van der Waals surface area contributed by atoms with Crippen molar-refractivity contribution < 1.29 is 4.79 Å². The molecule has 0 N–H and O–H groups in total. The van der Waals surface area contributed by atoms with Crippen LogP contribution in [0.15, 0.2) is 5.29 Å². The lowest BCUT2D eigenvalue weighted by Gasteiger charge is -2.05. The molecule has 0 aromatic carbocycles. The Balaban J connectivity index is 3.27. The van der Waals surface area contributed by atoms with E-state index in [4.69, 9.17) is 0 Å². The van der Waals surface area contributed by atoms with E-state index in [2.05, 4.69) is 12.2 Å². The molecule has 82 valence electrons. The van der Waals surface area contributed by atoms with Crippen molar-refractivity contribution in [3.63, 3.8) is 0 Å². The van der Waals surface area contributed by atoms with Gasteiger partial charge in [0.25, 0.3) is 0 Å². The fourth-order valence-corrected chi connectivity index (χ4v) is 1.26. The van der Waals surface area contributed by atoms with E-state index in [1.165, 1.54) is 32.7 Å². The predicted molar refractivity (Wildman–Crippen MR) is 56.6 cm³/mol. The van der Waals surface area contributed by atoms with Crippen LogP contribution >= 0.6 is 0 Å². The highest BCUT2D eigenvalue weighted by Crippen LogP contribution is 2.07. The van der Waals surface area contributed by atoms with Crippen LogP contribution in [0, 0.1) is 4.91 Å². The zero-order valence-electron chi connectivity index (χ0n) is 9.16. The van der Waals surface area contributed by atoms with Crippen LogP contribution in [0.2, 0.25) is 0 Å². The van der Waals surface area contributed by atoms with E-state index in [0.29, 0.717) is 6.42 Å². The first-order valence-corrected chi connectivity index (χ1v) is 5.32. The number of hydrogen-bond acceptors (Lipinski definition) is 3. The topological polar surface area (TPSA) is 49.7 Å². The van der Waals surface area contributed by atoms with Gasteiger partial charge in [0.05, 0.1) is 5.29 Å². The third kappa shape index (κ3) is 6.57. The van der Waals surface area contributed by atoms with Crippen LogP contribution < -0.4 is 0 Å². The summed E-state index contributed by atoms with van der Waals surface area (Å²) in [5.41, 5.74) is 0. The Morgan fingerprint density at radius 3 is 2.29 bits per heavy atom. The molecule has 0 aliphatic heterocycles. The molecule has 14 heavy (non-hydrogen) atoms. The van der Waals surface area contributed by atoms with Crippen LogP contribution in [0.4, 0.5) is 0 Å². The summed E-state index contributed by atoms with van der Waals surface area (Å²) >= 11 is 0. The molecule has 0 spiro atoms. The van der Waals surface area contributed by atoms with E-state index < -0.39 is 0 Å². The van der Waals surface area contributed by atoms with Crippen LogP contribution in [-0.4, -0.2) is 18.0 Å². The Morgan fingerprint density at radius 2 is 1.71 bits per heavy atom. The molecule has 1 amide bonds. The second-order valence-corrected chi connectivity index (χ2v) is 3.52. The molecule has 0 aromatic heterocycles. The maximum absolute atomic E-state index is 11.1. The normalized spacial score (nSPS) is 9.86. The molecule has 0 aromatic rings. The van der Waals surface area contributed by atoms with E-state index in [-0.39, 0.29) is 5.91 Å². The monoisotopic (exact) mass is 200 g/mol. The summed E-state index contributed by atoms with van der Waals surface area (Å²) in [5, 5.41) is 3.42. The summed E-state index contributed by atoms with van der Waals surface area (Å²) in [4.78, 5) is 21.1. The standard InChI is InChI=1S/C10H20N2O2/c1-3-4-5-6-7-8-9-10(13)12(2)11-14/h3-9H2,1-2H3. The smallest absolute Gasteiger partial charge is 0.244 e. The highest BCUT2D eigenvalue weighted by molar-refractivity contribution is 5.75. The minimum absolute atomic E-state index is 0.185. The Labute approximate surface area is 85.6 Å². The van der Waals surface area contributed by atoms with Crippen LogP contribution in [-0.2, 0) is 4.79 Å². The molecule has 0 aliphatic carbocycles. The van der Waals surface area contributed by atoms with E-state index in [9.17, 15) is 9.70 Å². The third-order valence-electron chi connectivity index (χ3n) is 2.23. The van der Waals surface area contributed by atoms with Gasteiger partial charge in [-0.15, -0.1) is 4.91 Å². The lowest BCUT2D eigenvalue weighted by molar-refractivity contribution is -0.130. The van der Waals surface area contributed by atoms with Gasteiger partial charge in [-0.3, -0.25) is 4.79 Å². The van der Waals surface area contributed by atoms with Crippen molar-refractivity contribution in [2.24, 2.45) is 5.29 Å². The molecule has 0 saturated carbocycles. The van der Waals surface area contributed by atoms with Gasteiger partial charge < -0.3 is 0 Å². The van der Waals surface area contributed by atoms with Crippen LogP contribution in [0.5, 0.6) is 0 Å². The first-order chi connectivity index (χ1) is 6.72. The highest BCUT2D eigenvalue weighted by atomic mass is 16.3. The fraction of sp³-hybridized carbons (Fsp3) is 0.900. The summed E-state index contributed by atoms with van der Waals surface area (Å²) in [6.07, 6.45) is 7.29. The van der Waals surface area contributed by atoms with Gasteiger partial charge in [-0.25, -0.2) is 5.01 Å². The van der Waals surface area contributed by atoms with E-state index in [1.54, 1.807) is 0 Å². The largest absolute Gasteiger partial charge is 0.273 e. The minimum Gasteiger partial charge on any atom is -0.273 e. The van der Waals surface area contributed by atoms with Crippen LogP contribution in [0.3, 0.4) is 0 Å². The molecule has 0 fully saturated rings. The van der Waals surface area contributed by atoms with E-state index in [0.717, 1.165) is 17.9 Å². The molecule has 0 saturated heterocycles. The minimum atomic E-state index is -0.185. The lowest BCUT2D eigenvalue weighted by Crippen LogP contribution is -2.19. The molecule has 0 heterocycles. The van der Waals surface area contributed by atoms with Gasteiger partial charge >= 0.3 is 0 Å². The zero-order chi connectivity index (χ0) is 10.8. The lowest BCUT2D eigenvalue weighted by atomic mass is 10.1. The number of unbranched alkanes of at least 4 members (excludes halogenated alkanes) is 5. The molecule has 0 atom stereocenters. The highest BCUT2D eigenvalue weighted by Gasteiger charge is 2.06. The van der Waals surface area contributed by atoms with Crippen molar-refractivity contribution in [3.8, 4) is 0 Å². The van der Waals surface area contributed by atoms with Crippen LogP contribution in [0.25, 0.3) is 0 Å². The van der Waals surface area contributed by atoms with Crippen molar-refractivity contribution in [1.29, 1.82) is 0 Å². The summed E-state index contributed by atoms with van der Waals surface area (Å²) in [6, 6.07) is 0. The first-order valence-electron chi connectivity index (χ1n) is 5.32. The summed E-state index contributed by atoms with van der Waals surface area (Å²) < 4.78 is 0. The average Bonchev–Trinajstić information content (AvgIpc) is 2.21. The Morgan fingerprint density at radius 1 is 1.14 bits per heavy atom. The second-order valence-electron chi connectivity index (χ2n) is 3.52. The Bertz CT molecular complexity index is 172. The van der Waals surface area contributed by atoms with Crippen molar-refractivity contribution in [3.05, 3.63) is 4.91 Å². The quantitative estimate of drug-likeness (QED) is 0.343. The molecule has 0 bridgehead atoms. The van der Waals surface area contributed by atoms with Gasteiger partial charge in [0.15, 0.2) is 0 Å². The van der Waals surface area contributed by atoms with Gasteiger partial charge in [0, 0.05) is 13.5 Å². The number of carbonyl (C=O) groups is 1. The summed E-state index contributed by atoms with van der Waals surface area (Å²) in [6.45, 7) is 2.17. The van der Waals surface area contributed by atoms with E-state index >= 15 is 0 Å². The fourth-order valence-electron chi connectivity index (χ4n) is 1.26. The number of carbonyl (C=O) groups excluding carboxylic acids is 1. The molecule has 0 radical (unpaired) electrons. The maximum Gasteiger partial charge on any atom is 0.244 e. The van der Waals surface area contributed by atoms with Gasteiger partial charge in [-0.2, -0.15) is 0 Å². The number of nitrogens with zero attached hydrogens (tertiary/aromatic N) is 2. The molecule has 0 rings (SSSR count). The maximum atomic E-state index is 11.1. The third-order valence-corrected chi connectivity index (χ3v) is 2.23. The van der Waals surface area contributed by atoms with Crippen molar-refractivity contribution in [2.75, 3.05) is 7.05 Å².